The number of rotatable bonds is 17. The summed E-state index contributed by atoms with van der Waals surface area (Å²) in [5.74, 6) is -0.913. The van der Waals surface area contributed by atoms with E-state index in [1.807, 2.05) is 77.7 Å². The van der Waals surface area contributed by atoms with Crippen LogP contribution in [0.5, 0.6) is 0 Å². The Bertz CT molecular complexity index is 2100. The highest BCUT2D eigenvalue weighted by molar-refractivity contribution is 5.99. The number of hydrogen-bond acceptors (Lipinski definition) is 7. The van der Waals surface area contributed by atoms with E-state index >= 15 is 0 Å². The molecule has 1 saturated heterocycles. The maximum Gasteiger partial charge on any atom is 0.243 e. The van der Waals surface area contributed by atoms with Crippen LogP contribution in [0.1, 0.15) is 64.8 Å². The Labute approximate surface area is 332 Å². The third-order valence-electron chi connectivity index (χ3n) is 10.6. The van der Waals surface area contributed by atoms with E-state index in [0.717, 1.165) is 33.7 Å². The van der Waals surface area contributed by atoms with Gasteiger partial charge in [0.2, 0.25) is 17.7 Å². The zero-order valence-electron chi connectivity index (χ0n) is 32.1. The summed E-state index contributed by atoms with van der Waals surface area (Å²) in [4.78, 5) is 67.2. The molecule has 6 rings (SSSR count). The summed E-state index contributed by atoms with van der Waals surface area (Å²) >= 11 is 0. The van der Waals surface area contributed by atoms with Gasteiger partial charge in [-0.25, -0.2) is 4.98 Å². The molecule has 1 fully saturated rings. The summed E-state index contributed by atoms with van der Waals surface area (Å²) in [7, 11) is 0. The van der Waals surface area contributed by atoms with Crippen molar-refractivity contribution in [2.24, 2.45) is 16.5 Å². The van der Waals surface area contributed by atoms with Crippen LogP contribution in [0.2, 0.25) is 0 Å². The van der Waals surface area contributed by atoms with Gasteiger partial charge in [0.1, 0.15) is 6.04 Å². The molecule has 8 N–H and O–H groups in total. The van der Waals surface area contributed by atoms with Crippen molar-refractivity contribution in [1.29, 1.82) is 0 Å². The van der Waals surface area contributed by atoms with Crippen LogP contribution in [0, 0.1) is 0 Å². The number of nitrogens with one attached hydrogen (secondary N) is 4. The Kier molecular flexibility index (Phi) is 13.8. The number of nitrogens with zero attached hydrogens (tertiary/aromatic N) is 3. The molecule has 3 amide bonds. The largest absolute Gasteiger partial charge is 0.370 e. The SMILES string of the molecule is CC(=O)N[C@@H](Cc1cnc[nH]1)C(=O)N[C@@H](Cc1ccc2ccccc2c1C=O)[C@@H]1CCN(CC(c2ccccc2)c2ccccc2)C(=O)[C@H](CCCN=C(N)N)N1. The number of imidazole rings is 1. The number of carbonyl (C=O) groups excluding carboxylic acids is 4. The number of benzene rings is 4. The van der Waals surface area contributed by atoms with Crippen LogP contribution in [0.15, 0.2) is 115 Å². The van der Waals surface area contributed by atoms with Crippen molar-refractivity contribution in [3.05, 3.63) is 138 Å². The lowest BCUT2D eigenvalue weighted by atomic mass is 9.90. The predicted molar refractivity (Wildman–Crippen MR) is 221 cm³/mol. The van der Waals surface area contributed by atoms with Gasteiger partial charge < -0.3 is 37.3 Å². The third kappa shape index (κ3) is 10.7. The summed E-state index contributed by atoms with van der Waals surface area (Å²) in [6.07, 6.45) is 5.93. The monoisotopic (exact) mass is 769 g/mol. The normalized spacial score (nSPS) is 16.7. The lowest BCUT2D eigenvalue weighted by Gasteiger charge is -2.32. The first-order chi connectivity index (χ1) is 27.7. The first-order valence-corrected chi connectivity index (χ1v) is 19.4. The number of carbonyl (C=O) groups is 4. The molecule has 296 valence electrons. The minimum absolute atomic E-state index is 0.0174. The number of fused-ring (bicyclic) bond motifs is 1. The molecule has 0 spiro atoms. The van der Waals surface area contributed by atoms with Gasteiger partial charge in [-0.05, 0) is 53.1 Å². The van der Waals surface area contributed by atoms with Crippen molar-refractivity contribution in [3.8, 4) is 0 Å². The highest BCUT2D eigenvalue weighted by Crippen LogP contribution is 2.28. The molecule has 0 unspecified atom stereocenters. The number of aromatic amines is 1. The number of aliphatic imine (C=N–C) groups is 1. The van der Waals surface area contributed by atoms with Gasteiger partial charge in [-0.15, -0.1) is 0 Å². The number of H-pyrrole nitrogens is 1. The molecule has 0 aliphatic carbocycles. The van der Waals surface area contributed by atoms with Crippen molar-refractivity contribution in [3.63, 3.8) is 0 Å². The van der Waals surface area contributed by atoms with Gasteiger partial charge in [-0.2, -0.15) is 0 Å². The standard InChI is InChI=1S/C44H51N9O4/c1-29(55)50-41(24-34-25-47-28-49-34)42(56)52-40(23-33-19-18-32-15-8-9-16-35(32)37(33)27-54)38-20-22-53(43(57)39(51-38)17-10-21-48-44(45)46)26-36(30-11-4-2-5-12-30)31-13-6-3-7-14-31/h2-9,11-16,18-19,25,27-28,36,38-41,51H,10,17,20-24,26H2,1H3,(H,47,49)(H,50,55)(H,52,56)(H4,45,46,48)/t38-,39-,40-,41-/m0/s1. The van der Waals surface area contributed by atoms with Crippen LogP contribution < -0.4 is 27.4 Å². The Morgan fingerprint density at radius 1 is 0.947 bits per heavy atom. The molecule has 0 radical (unpaired) electrons. The van der Waals surface area contributed by atoms with Gasteiger partial charge in [-0.1, -0.05) is 97.1 Å². The van der Waals surface area contributed by atoms with Gasteiger partial charge >= 0.3 is 0 Å². The van der Waals surface area contributed by atoms with E-state index in [0.29, 0.717) is 50.2 Å². The molecule has 13 nitrogen and oxygen atoms in total. The second kappa shape index (κ2) is 19.5. The summed E-state index contributed by atoms with van der Waals surface area (Å²) in [5.41, 5.74) is 15.4. The molecule has 2 heterocycles. The van der Waals surface area contributed by atoms with Crippen LogP contribution in [0.25, 0.3) is 10.8 Å². The van der Waals surface area contributed by atoms with E-state index in [2.05, 4.69) is 55.2 Å². The van der Waals surface area contributed by atoms with Crippen LogP contribution in [0.4, 0.5) is 0 Å². The summed E-state index contributed by atoms with van der Waals surface area (Å²) in [6.45, 7) is 2.57. The van der Waals surface area contributed by atoms with Crippen molar-refractivity contribution >= 4 is 40.7 Å². The molecule has 13 heteroatoms. The molecule has 5 aromatic rings. The number of aromatic nitrogens is 2. The molecule has 1 aliphatic rings. The minimum Gasteiger partial charge on any atom is -0.370 e. The van der Waals surface area contributed by atoms with E-state index in [1.165, 1.54) is 13.3 Å². The first kappa shape index (κ1) is 40.3. The van der Waals surface area contributed by atoms with Gasteiger partial charge in [0.25, 0.3) is 0 Å². The third-order valence-corrected chi connectivity index (χ3v) is 10.6. The molecule has 4 aromatic carbocycles. The molecule has 0 saturated carbocycles. The van der Waals surface area contributed by atoms with Crippen LogP contribution >= 0.6 is 0 Å². The quantitative estimate of drug-likeness (QED) is 0.0357. The van der Waals surface area contributed by atoms with E-state index < -0.39 is 30.1 Å². The number of hydrogen-bond donors (Lipinski definition) is 6. The number of aldehydes is 1. The van der Waals surface area contributed by atoms with E-state index in [-0.39, 0.29) is 36.5 Å². The molecule has 1 aliphatic heterocycles. The zero-order valence-corrected chi connectivity index (χ0v) is 32.1. The average molecular weight is 770 g/mol. The smallest absolute Gasteiger partial charge is 0.243 e. The first-order valence-electron chi connectivity index (χ1n) is 19.4. The Morgan fingerprint density at radius 2 is 1.65 bits per heavy atom. The minimum atomic E-state index is -0.913. The molecule has 0 bridgehead atoms. The zero-order chi connectivity index (χ0) is 40.1. The van der Waals surface area contributed by atoms with E-state index in [1.54, 1.807) is 6.20 Å². The fraction of sp³-hybridized carbons (Fsp3) is 0.318. The average Bonchev–Trinajstić information content (AvgIpc) is 3.68. The van der Waals surface area contributed by atoms with Gasteiger partial charge in [0.05, 0.1) is 12.4 Å². The highest BCUT2D eigenvalue weighted by atomic mass is 16.2. The van der Waals surface area contributed by atoms with Gasteiger partial charge in [-0.3, -0.25) is 24.2 Å². The van der Waals surface area contributed by atoms with Crippen LogP contribution in [0.3, 0.4) is 0 Å². The van der Waals surface area contributed by atoms with Gasteiger partial charge in [0, 0.05) is 68.4 Å². The van der Waals surface area contributed by atoms with Crippen molar-refractivity contribution in [2.45, 2.75) is 69.1 Å². The Balaban J connectivity index is 1.36. The van der Waals surface area contributed by atoms with E-state index in [4.69, 9.17) is 11.5 Å². The maximum absolute atomic E-state index is 14.7. The number of nitrogens with two attached hydrogens (primary N) is 2. The number of amides is 3. The lowest BCUT2D eigenvalue weighted by Crippen LogP contribution is -2.58. The molecular formula is C44H51N9O4. The van der Waals surface area contributed by atoms with Crippen molar-refractivity contribution < 1.29 is 19.2 Å². The fourth-order valence-electron chi connectivity index (χ4n) is 7.78. The highest BCUT2D eigenvalue weighted by Gasteiger charge is 2.37. The molecule has 4 atom stereocenters. The molecule has 57 heavy (non-hydrogen) atoms. The fourth-order valence-corrected chi connectivity index (χ4v) is 7.78. The topological polar surface area (TPSA) is 201 Å². The summed E-state index contributed by atoms with van der Waals surface area (Å²) in [5, 5.41) is 11.4. The van der Waals surface area contributed by atoms with Crippen LogP contribution in [-0.4, -0.2) is 88.6 Å². The second-order valence-corrected chi connectivity index (χ2v) is 14.6. The summed E-state index contributed by atoms with van der Waals surface area (Å²) in [6, 6.07) is 29.4. The Hall–Kier alpha value is -6.34. The van der Waals surface area contributed by atoms with Crippen molar-refractivity contribution in [1.82, 2.24) is 30.8 Å². The Morgan fingerprint density at radius 3 is 2.30 bits per heavy atom. The number of guanidine groups is 1. The van der Waals surface area contributed by atoms with Gasteiger partial charge in [0.15, 0.2) is 12.2 Å². The molecular weight excluding hydrogens is 719 g/mol. The predicted octanol–water partition coefficient (Wildman–Crippen LogP) is 3.59. The maximum atomic E-state index is 14.7. The lowest BCUT2D eigenvalue weighted by molar-refractivity contribution is -0.133. The van der Waals surface area contributed by atoms with Crippen molar-refractivity contribution in [2.75, 3.05) is 19.6 Å². The summed E-state index contributed by atoms with van der Waals surface area (Å²) < 4.78 is 0. The second-order valence-electron chi connectivity index (χ2n) is 14.6. The van der Waals surface area contributed by atoms with E-state index in [9.17, 15) is 19.2 Å². The van der Waals surface area contributed by atoms with Crippen LogP contribution in [-0.2, 0) is 27.2 Å². The molecule has 1 aromatic heterocycles.